The fourth-order valence-corrected chi connectivity index (χ4v) is 0.906. The van der Waals surface area contributed by atoms with Crippen molar-refractivity contribution in [1.82, 2.24) is 9.55 Å². The minimum Gasteiger partial charge on any atom is -0.333 e. The summed E-state index contributed by atoms with van der Waals surface area (Å²) in [5, 5.41) is 0. The van der Waals surface area contributed by atoms with Crippen LogP contribution in [-0.2, 0) is 0 Å². The summed E-state index contributed by atoms with van der Waals surface area (Å²) < 4.78 is 1.95. The van der Waals surface area contributed by atoms with Gasteiger partial charge in [-0.3, -0.25) is 4.99 Å². The number of nitrogens with zero attached hydrogens (tertiary/aromatic N) is 3. The number of nitrogens with two attached hydrogens (primary N) is 1. The van der Waals surface area contributed by atoms with Crippen LogP contribution in [-0.4, -0.2) is 23.3 Å². The van der Waals surface area contributed by atoms with Crippen LogP contribution in [0.3, 0.4) is 0 Å². The van der Waals surface area contributed by atoms with Crippen molar-refractivity contribution in [3.8, 4) is 0 Å². The molecule has 1 aromatic heterocycles. The largest absolute Gasteiger partial charge is 0.333 e. The van der Waals surface area contributed by atoms with Gasteiger partial charge in [0.25, 0.3) is 0 Å². The first-order chi connectivity index (χ1) is 6.25. The van der Waals surface area contributed by atoms with Gasteiger partial charge in [0.2, 0.25) is 0 Å². The number of aliphatic imine (C=N–C) groups is 1. The second-order valence-corrected chi connectivity index (χ2v) is 2.30. The smallest absolute Gasteiger partial charge is 0.109 e. The van der Waals surface area contributed by atoms with Crippen LogP contribution in [0.2, 0.25) is 0 Å². The van der Waals surface area contributed by atoms with Crippen LogP contribution in [0.4, 0.5) is 0 Å². The Hall–Kier alpha value is -1.42. The van der Waals surface area contributed by atoms with E-state index < -0.39 is 0 Å². The summed E-state index contributed by atoms with van der Waals surface area (Å²) in [7, 11) is 1.50. The molecule has 1 heterocycles. The van der Waals surface area contributed by atoms with Gasteiger partial charge in [-0.25, -0.2) is 4.98 Å². The minimum absolute atomic E-state index is 0.961. The van der Waals surface area contributed by atoms with Crippen molar-refractivity contribution in [3.05, 3.63) is 23.9 Å². The normalized spacial score (nSPS) is 9.54. The van der Waals surface area contributed by atoms with Crippen LogP contribution in [0, 0.1) is 13.8 Å². The molecule has 4 heteroatoms. The number of hydrogen-bond acceptors (Lipinski definition) is 3. The zero-order chi connectivity index (χ0) is 10.3. The van der Waals surface area contributed by atoms with E-state index in [0.29, 0.717) is 0 Å². The highest BCUT2D eigenvalue weighted by Gasteiger charge is 1.96. The van der Waals surface area contributed by atoms with Gasteiger partial charge in [0.15, 0.2) is 0 Å². The predicted octanol–water partition coefficient (Wildman–Crippen LogP) is 1.20. The Labute approximate surface area is 78.8 Å². The lowest BCUT2D eigenvalue weighted by atomic mass is 10.5. The highest BCUT2D eigenvalue weighted by atomic mass is 15.1. The molecule has 0 aliphatic carbocycles. The molecule has 0 aliphatic heterocycles. The topological polar surface area (TPSA) is 56.2 Å². The van der Waals surface area contributed by atoms with E-state index in [1.54, 1.807) is 6.20 Å². The molecule has 0 spiro atoms. The van der Waals surface area contributed by atoms with E-state index in [1.165, 1.54) is 7.05 Å². The molecule has 0 aliphatic rings. The van der Waals surface area contributed by atoms with E-state index in [2.05, 4.69) is 22.4 Å². The van der Waals surface area contributed by atoms with Crippen LogP contribution in [0.15, 0.2) is 17.4 Å². The maximum atomic E-state index is 4.50. The molecule has 0 bridgehead atoms. The average Bonchev–Trinajstić information content (AvgIpc) is 2.47. The van der Waals surface area contributed by atoms with Crippen molar-refractivity contribution < 1.29 is 0 Å². The van der Waals surface area contributed by atoms with E-state index in [9.17, 15) is 0 Å². The molecule has 4 nitrogen and oxygen atoms in total. The quantitative estimate of drug-likeness (QED) is 0.695. The summed E-state index contributed by atoms with van der Waals surface area (Å²) >= 11 is 0. The van der Waals surface area contributed by atoms with Gasteiger partial charge >= 0.3 is 0 Å². The molecule has 0 radical (unpaired) electrons. The lowest BCUT2D eigenvalue weighted by Crippen LogP contribution is -1.91. The molecule has 0 unspecified atom stereocenters. The third-order valence-electron chi connectivity index (χ3n) is 1.49. The van der Waals surface area contributed by atoms with Gasteiger partial charge in [-0.15, -0.1) is 0 Å². The Kier molecular flexibility index (Phi) is 5.47. The molecule has 0 saturated carbocycles. The molecule has 0 saturated heterocycles. The maximum absolute atomic E-state index is 4.50. The fraction of sp³-hybridized carbons (Fsp3) is 0.333. The summed E-state index contributed by atoms with van der Waals surface area (Å²) in [5.74, 6) is 0.961. The lowest BCUT2D eigenvalue weighted by Gasteiger charge is -1.97. The molecular weight excluding hydrogens is 164 g/mol. The van der Waals surface area contributed by atoms with Crippen molar-refractivity contribution in [3.63, 3.8) is 0 Å². The number of hydrogen-bond donors (Lipinski definition) is 1. The Morgan fingerprint density at radius 2 is 2.15 bits per heavy atom. The first-order valence-corrected chi connectivity index (χ1v) is 3.96. The van der Waals surface area contributed by atoms with E-state index in [0.717, 1.165) is 11.5 Å². The van der Waals surface area contributed by atoms with Crippen LogP contribution >= 0.6 is 0 Å². The standard InChI is InChI=1S/C8H11N3.CH5N/c1-7-6-10-8(2)11(7)5-4-9-3;1-2/h4-6H,3H2,1-2H3;2H2,1H3/b5-4-;. The monoisotopic (exact) mass is 180 g/mol. The molecule has 13 heavy (non-hydrogen) atoms. The lowest BCUT2D eigenvalue weighted by molar-refractivity contribution is 0.993. The molecule has 0 fully saturated rings. The summed E-state index contributed by atoms with van der Waals surface area (Å²) in [6.07, 6.45) is 5.30. The first kappa shape index (κ1) is 11.6. The maximum Gasteiger partial charge on any atom is 0.109 e. The number of aromatic nitrogens is 2. The van der Waals surface area contributed by atoms with Crippen LogP contribution in [0.25, 0.3) is 6.20 Å². The van der Waals surface area contributed by atoms with Crippen molar-refractivity contribution >= 4 is 12.9 Å². The van der Waals surface area contributed by atoms with Gasteiger partial charge in [0, 0.05) is 24.3 Å². The molecule has 1 aromatic rings. The SMILES string of the molecule is C=N/C=C\n1c(C)cnc1C.CN. The zero-order valence-electron chi connectivity index (χ0n) is 8.36. The van der Waals surface area contributed by atoms with Crippen molar-refractivity contribution in [2.45, 2.75) is 13.8 Å². The number of imidazole rings is 1. The second kappa shape index (κ2) is 6.14. The van der Waals surface area contributed by atoms with E-state index in [1.807, 2.05) is 30.8 Å². The van der Waals surface area contributed by atoms with E-state index in [4.69, 9.17) is 0 Å². The van der Waals surface area contributed by atoms with Gasteiger partial charge in [0.1, 0.15) is 5.82 Å². The highest BCUT2D eigenvalue weighted by molar-refractivity contribution is 5.33. The van der Waals surface area contributed by atoms with Gasteiger partial charge in [-0.1, -0.05) is 0 Å². The summed E-state index contributed by atoms with van der Waals surface area (Å²) in [4.78, 5) is 7.73. The second-order valence-electron chi connectivity index (χ2n) is 2.30. The van der Waals surface area contributed by atoms with Crippen LogP contribution in [0.1, 0.15) is 11.5 Å². The van der Waals surface area contributed by atoms with Crippen molar-refractivity contribution in [1.29, 1.82) is 0 Å². The van der Waals surface area contributed by atoms with Crippen molar-refractivity contribution in [2.24, 2.45) is 10.7 Å². The molecule has 1 rings (SSSR count). The van der Waals surface area contributed by atoms with E-state index in [-0.39, 0.29) is 0 Å². The number of aryl methyl sites for hydroxylation is 2. The van der Waals surface area contributed by atoms with Gasteiger partial charge in [-0.2, -0.15) is 0 Å². The predicted molar refractivity (Wildman–Crippen MR) is 56.7 cm³/mol. The van der Waals surface area contributed by atoms with Crippen molar-refractivity contribution in [2.75, 3.05) is 7.05 Å². The molecule has 0 aromatic carbocycles. The Morgan fingerprint density at radius 3 is 2.54 bits per heavy atom. The van der Waals surface area contributed by atoms with Gasteiger partial charge in [-0.05, 0) is 27.6 Å². The number of rotatable bonds is 2. The average molecular weight is 180 g/mol. The Morgan fingerprint density at radius 1 is 1.54 bits per heavy atom. The Balaban J connectivity index is 0.000000671. The summed E-state index contributed by atoms with van der Waals surface area (Å²) in [5.41, 5.74) is 5.60. The molecule has 0 amide bonds. The van der Waals surface area contributed by atoms with Gasteiger partial charge < -0.3 is 10.3 Å². The fourth-order valence-electron chi connectivity index (χ4n) is 0.906. The van der Waals surface area contributed by atoms with E-state index >= 15 is 0 Å². The molecule has 72 valence electrons. The third-order valence-corrected chi connectivity index (χ3v) is 1.49. The van der Waals surface area contributed by atoms with Crippen LogP contribution in [0.5, 0.6) is 0 Å². The first-order valence-electron chi connectivity index (χ1n) is 3.96. The van der Waals surface area contributed by atoms with Crippen LogP contribution < -0.4 is 5.73 Å². The minimum atomic E-state index is 0.961. The molecule has 2 N–H and O–H groups in total. The highest BCUT2D eigenvalue weighted by Crippen LogP contribution is 2.02. The Bertz CT molecular complexity index is 266. The molecule has 0 atom stereocenters. The summed E-state index contributed by atoms with van der Waals surface area (Å²) in [6, 6.07) is 0. The molecular formula is C9H16N4. The zero-order valence-corrected chi connectivity index (χ0v) is 8.36. The van der Waals surface area contributed by atoms with Gasteiger partial charge in [0.05, 0.1) is 0 Å². The third kappa shape index (κ3) is 3.21. The summed E-state index contributed by atoms with van der Waals surface area (Å²) in [6.45, 7) is 7.29.